The van der Waals surface area contributed by atoms with Crippen molar-refractivity contribution >= 4 is 23.7 Å². The average molecular weight is 524 g/mol. The number of hydrogen-bond acceptors (Lipinski definition) is 9. The Balaban J connectivity index is 1.77. The van der Waals surface area contributed by atoms with Crippen molar-refractivity contribution in [1.82, 2.24) is 0 Å². The molecule has 1 saturated heterocycles. The predicted octanol–water partition coefficient (Wildman–Crippen LogP) is 3.47. The molecule has 0 aromatic heterocycles. The number of halogens is 3. The summed E-state index contributed by atoms with van der Waals surface area (Å²) in [5.74, 6) is -2.45. The third kappa shape index (κ3) is 7.29. The molecule has 0 bridgehead atoms. The van der Waals surface area contributed by atoms with Gasteiger partial charge in [-0.1, -0.05) is 12.1 Å². The highest BCUT2D eigenvalue weighted by Crippen LogP contribution is 2.30. The zero-order valence-corrected chi connectivity index (χ0v) is 19.9. The molecule has 0 aliphatic carbocycles. The number of carbonyl (C=O) groups is 4. The van der Waals surface area contributed by atoms with Gasteiger partial charge in [0, 0.05) is 31.9 Å². The van der Waals surface area contributed by atoms with Crippen LogP contribution in [0.15, 0.2) is 48.5 Å². The van der Waals surface area contributed by atoms with Gasteiger partial charge in [-0.25, -0.2) is 0 Å². The van der Waals surface area contributed by atoms with Gasteiger partial charge in [0.15, 0.2) is 18.0 Å². The van der Waals surface area contributed by atoms with E-state index in [0.717, 1.165) is 45.0 Å². The Labute approximate surface area is 209 Å². The predicted molar refractivity (Wildman–Crippen MR) is 118 cm³/mol. The van der Waals surface area contributed by atoms with Gasteiger partial charge in [-0.2, -0.15) is 13.2 Å². The number of hydrogen-bond donors (Lipinski definition) is 0. The van der Waals surface area contributed by atoms with E-state index in [1.54, 1.807) is 0 Å². The molecule has 37 heavy (non-hydrogen) atoms. The van der Waals surface area contributed by atoms with Crippen molar-refractivity contribution in [2.24, 2.45) is 0 Å². The summed E-state index contributed by atoms with van der Waals surface area (Å²) in [6.07, 6.45) is -9.36. The van der Waals surface area contributed by atoms with Crippen LogP contribution in [0.5, 0.6) is 5.75 Å². The average Bonchev–Trinajstić information content (AvgIpc) is 2.81. The molecule has 2 aromatic carbocycles. The summed E-state index contributed by atoms with van der Waals surface area (Å²) in [4.78, 5) is 47.5. The lowest BCUT2D eigenvalue weighted by molar-refractivity contribution is -0.259. The first-order valence-corrected chi connectivity index (χ1v) is 11.0. The summed E-state index contributed by atoms with van der Waals surface area (Å²) in [7, 11) is 0. The van der Waals surface area contributed by atoms with E-state index in [2.05, 4.69) is 0 Å². The smallest absolute Gasteiger partial charge is 0.416 e. The molecule has 0 spiro atoms. The molecule has 4 atom stereocenters. The SMILES string of the molecule is CC(=O)O[C@@H]1[C@@H](OC(C)=O)[C@@H](Oc2ccc(C(=O)c3ccc(C(F)(F)F)cc3)cc2)OC[C@H]1OC(C)=O. The maximum Gasteiger partial charge on any atom is 0.416 e. The second-order valence-electron chi connectivity index (χ2n) is 8.04. The van der Waals surface area contributed by atoms with Crippen molar-refractivity contribution in [3.8, 4) is 5.75 Å². The molecule has 3 rings (SSSR count). The van der Waals surface area contributed by atoms with E-state index in [9.17, 15) is 32.3 Å². The van der Waals surface area contributed by atoms with E-state index < -0.39 is 60.0 Å². The van der Waals surface area contributed by atoms with Gasteiger partial charge < -0.3 is 23.7 Å². The van der Waals surface area contributed by atoms with Crippen molar-refractivity contribution in [1.29, 1.82) is 0 Å². The Morgan fingerprint density at radius 3 is 1.73 bits per heavy atom. The van der Waals surface area contributed by atoms with Gasteiger partial charge in [-0.15, -0.1) is 0 Å². The molecule has 1 aliphatic heterocycles. The molecule has 1 heterocycles. The van der Waals surface area contributed by atoms with Gasteiger partial charge >= 0.3 is 24.1 Å². The molecular weight excluding hydrogens is 501 g/mol. The molecule has 198 valence electrons. The van der Waals surface area contributed by atoms with Gasteiger partial charge in [0.05, 0.1) is 12.2 Å². The van der Waals surface area contributed by atoms with Crippen LogP contribution in [0, 0.1) is 0 Å². The van der Waals surface area contributed by atoms with Crippen LogP contribution in [-0.4, -0.2) is 54.9 Å². The van der Waals surface area contributed by atoms with E-state index in [4.69, 9.17) is 23.7 Å². The van der Waals surface area contributed by atoms with Crippen LogP contribution >= 0.6 is 0 Å². The highest BCUT2D eigenvalue weighted by atomic mass is 19.4. The Hall–Kier alpha value is -3.93. The van der Waals surface area contributed by atoms with Crippen molar-refractivity contribution < 1.29 is 56.0 Å². The molecule has 1 aliphatic rings. The summed E-state index contributed by atoms with van der Waals surface area (Å²) in [6, 6.07) is 9.42. The van der Waals surface area contributed by atoms with Gasteiger partial charge in [0.1, 0.15) is 5.75 Å². The number of alkyl halides is 3. The lowest BCUT2D eigenvalue weighted by Gasteiger charge is -2.40. The van der Waals surface area contributed by atoms with Gasteiger partial charge in [0.25, 0.3) is 0 Å². The summed E-state index contributed by atoms with van der Waals surface area (Å²) in [6.45, 7) is 3.18. The Bertz CT molecular complexity index is 1140. The minimum atomic E-state index is -4.52. The standard InChI is InChI=1S/C25H23F3O9/c1-13(29)34-20-12-33-24(23(36-15(3)31)22(20)35-14(2)30)37-19-10-6-17(7-11-19)21(32)16-4-8-18(9-5-16)25(26,27)28/h4-11,20,22-24H,12H2,1-3H3/t20-,22+,23-,24-/m1/s1. The summed E-state index contributed by atoms with van der Waals surface area (Å²) >= 11 is 0. The minimum absolute atomic E-state index is 0.0629. The molecule has 2 aromatic rings. The second kappa shape index (κ2) is 11.4. The monoisotopic (exact) mass is 524 g/mol. The quantitative estimate of drug-likeness (QED) is 0.305. The number of carbonyl (C=O) groups excluding carboxylic acids is 4. The van der Waals surface area contributed by atoms with Crippen LogP contribution in [0.25, 0.3) is 0 Å². The fraction of sp³-hybridized carbons (Fsp3) is 0.360. The van der Waals surface area contributed by atoms with Gasteiger partial charge in [-0.05, 0) is 36.4 Å². The van der Waals surface area contributed by atoms with E-state index in [1.165, 1.54) is 24.3 Å². The van der Waals surface area contributed by atoms with Crippen LogP contribution in [0.4, 0.5) is 13.2 Å². The third-order valence-corrected chi connectivity index (χ3v) is 5.15. The van der Waals surface area contributed by atoms with Crippen LogP contribution in [-0.2, 0) is 39.5 Å². The van der Waals surface area contributed by atoms with Crippen LogP contribution in [0.2, 0.25) is 0 Å². The lowest BCUT2D eigenvalue weighted by atomic mass is 10.0. The van der Waals surface area contributed by atoms with Crippen LogP contribution in [0.1, 0.15) is 42.3 Å². The van der Waals surface area contributed by atoms with Gasteiger partial charge in [-0.3, -0.25) is 19.2 Å². The Morgan fingerprint density at radius 2 is 1.24 bits per heavy atom. The molecule has 0 unspecified atom stereocenters. The van der Waals surface area contributed by atoms with Crippen molar-refractivity contribution in [2.45, 2.75) is 51.5 Å². The minimum Gasteiger partial charge on any atom is -0.461 e. The highest BCUT2D eigenvalue weighted by Gasteiger charge is 2.48. The normalized spacial score (nSPS) is 21.5. The topological polar surface area (TPSA) is 114 Å². The van der Waals surface area contributed by atoms with Crippen molar-refractivity contribution in [3.63, 3.8) is 0 Å². The summed E-state index contributed by atoms with van der Waals surface area (Å²) in [5, 5.41) is 0. The molecule has 0 N–H and O–H groups in total. The maximum absolute atomic E-state index is 12.8. The van der Waals surface area contributed by atoms with Crippen LogP contribution < -0.4 is 4.74 Å². The first kappa shape index (κ1) is 27.7. The van der Waals surface area contributed by atoms with E-state index >= 15 is 0 Å². The zero-order chi connectivity index (χ0) is 27.3. The molecule has 0 amide bonds. The van der Waals surface area contributed by atoms with Crippen molar-refractivity contribution in [2.75, 3.05) is 6.61 Å². The van der Waals surface area contributed by atoms with E-state index in [-0.39, 0.29) is 23.5 Å². The Kier molecular flexibility index (Phi) is 8.53. The highest BCUT2D eigenvalue weighted by molar-refractivity contribution is 6.09. The molecular formula is C25H23F3O9. The second-order valence-corrected chi connectivity index (χ2v) is 8.04. The fourth-order valence-corrected chi connectivity index (χ4v) is 3.61. The third-order valence-electron chi connectivity index (χ3n) is 5.15. The van der Waals surface area contributed by atoms with Crippen molar-refractivity contribution in [3.05, 3.63) is 65.2 Å². The van der Waals surface area contributed by atoms with Gasteiger partial charge in [0.2, 0.25) is 12.4 Å². The molecule has 1 fully saturated rings. The first-order chi connectivity index (χ1) is 17.3. The largest absolute Gasteiger partial charge is 0.461 e. The molecule has 9 nitrogen and oxygen atoms in total. The maximum atomic E-state index is 12.8. The number of rotatable bonds is 7. The summed E-state index contributed by atoms with van der Waals surface area (Å²) in [5.41, 5.74) is -0.625. The molecule has 0 radical (unpaired) electrons. The number of ether oxygens (including phenoxy) is 5. The van der Waals surface area contributed by atoms with Crippen LogP contribution in [0.3, 0.4) is 0 Å². The number of benzene rings is 2. The fourth-order valence-electron chi connectivity index (χ4n) is 3.61. The molecule has 12 heteroatoms. The number of ketones is 1. The summed E-state index contributed by atoms with van der Waals surface area (Å²) < 4.78 is 65.3. The van der Waals surface area contributed by atoms with E-state index in [1.807, 2.05) is 0 Å². The number of esters is 3. The first-order valence-electron chi connectivity index (χ1n) is 11.0. The lowest BCUT2D eigenvalue weighted by Crippen LogP contribution is -2.59. The van der Waals surface area contributed by atoms with E-state index in [0.29, 0.717) is 0 Å². The Morgan fingerprint density at radius 1 is 0.757 bits per heavy atom. The zero-order valence-electron chi connectivity index (χ0n) is 19.9. The molecule has 0 saturated carbocycles.